The third-order valence-corrected chi connectivity index (χ3v) is 6.32. The van der Waals surface area contributed by atoms with E-state index in [4.69, 9.17) is 9.26 Å². The van der Waals surface area contributed by atoms with Gasteiger partial charge in [-0.25, -0.2) is 14.4 Å². The Labute approximate surface area is 199 Å². The molecule has 0 aliphatic heterocycles. The number of anilines is 1. The second-order valence-corrected chi connectivity index (χ2v) is 8.97. The van der Waals surface area contributed by atoms with E-state index in [1.807, 2.05) is 12.1 Å². The number of hydrogen-bond acceptors (Lipinski definition) is 8. The molecule has 0 amide bonds. The van der Waals surface area contributed by atoms with Crippen molar-refractivity contribution in [2.45, 2.75) is 19.8 Å². The molecule has 3 aromatic heterocycles. The lowest BCUT2D eigenvalue weighted by Gasteiger charge is -2.09. The Kier molecular flexibility index (Phi) is 6.44. The van der Waals surface area contributed by atoms with Crippen molar-refractivity contribution in [3.63, 3.8) is 0 Å². The van der Waals surface area contributed by atoms with E-state index >= 15 is 0 Å². The predicted molar refractivity (Wildman–Crippen MR) is 131 cm³/mol. The molecule has 0 atom stereocenters. The van der Waals surface area contributed by atoms with Crippen molar-refractivity contribution in [2.75, 3.05) is 18.7 Å². The van der Waals surface area contributed by atoms with Crippen LogP contribution in [0.3, 0.4) is 0 Å². The van der Waals surface area contributed by atoms with Gasteiger partial charge < -0.3 is 14.6 Å². The van der Waals surface area contributed by atoms with Gasteiger partial charge in [0.2, 0.25) is 24.9 Å². The van der Waals surface area contributed by atoms with E-state index in [9.17, 15) is 4.39 Å². The summed E-state index contributed by atoms with van der Waals surface area (Å²) in [6, 6.07) is 18.0. The van der Waals surface area contributed by atoms with E-state index < -0.39 is 6.86 Å². The van der Waals surface area contributed by atoms with Crippen LogP contribution in [0, 0.1) is 6.92 Å². The van der Waals surface area contributed by atoms with Crippen molar-refractivity contribution in [1.82, 2.24) is 20.1 Å². The largest absolute Gasteiger partial charge is 0.463 e. The molecule has 0 aliphatic rings. The van der Waals surface area contributed by atoms with Gasteiger partial charge in [0, 0.05) is 11.4 Å². The van der Waals surface area contributed by atoms with Crippen LogP contribution < -0.4 is 10.1 Å². The lowest BCUT2D eigenvalue weighted by atomic mass is 10.0. The standard InChI is InChI=1S/C25H22FN5O2S/c1-16-13-21-22(29-24(30-25(21)34-16)23-28-15-33-31-23)27-12-2-3-17-4-6-18(7-5-17)19-8-10-20(11-9-19)32-14-26/h4-11,13,15H,2-3,12,14H2,1H3,(H,27,29,30). The maximum absolute atomic E-state index is 12.3. The molecule has 0 fully saturated rings. The highest BCUT2D eigenvalue weighted by atomic mass is 32.1. The molecule has 0 saturated heterocycles. The first-order chi connectivity index (χ1) is 16.7. The first-order valence-corrected chi connectivity index (χ1v) is 11.7. The van der Waals surface area contributed by atoms with Gasteiger partial charge in [0.25, 0.3) is 0 Å². The lowest BCUT2D eigenvalue weighted by molar-refractivity contribution is 0.192. The van der Waals surface area contributed by atoms with Gasteiger partial charge in [-0.3, -0.25) is 0 Å². The van der Waals surface area contributed by atoms with Gasteiger partial charge in [-0.15, -0.1) is 11.3 Å². The summed E-state index contributed by atoms with van der Waals surface area (Å²) in [6.45, 7) is 2.00. The van der Waals surface area contributed by atoms with Crippen LogP contribution in [0.25, 0.3) is 33.0 Å². The Hall–Kier alpha value is -3.85. The normalized spacial score (nSPS) is 11.1. The summed E-state index contributed by atoms with van der Waals surface area (Å²) < 4.78 is 22.0. The summed E-state index contributed by atoms with van der Waals surface area (Å²) in [5.41, 5.74) is 3.43. The zero-order valence-electron chi connectivity index (χ0n) is 18.5. The van der Waals surface area contributed by atoms with Crippen molar-refractivity contribution in [1.29, 1.82) is 0 Å². The maximum atomic E-state index is 12.3. The molecule has 0 saturated carbocycles. The minimum Gasteiger partial charge on any atom is -0.463 e. The highest BCUT2D eigenvalue weighted by Gasteiger charge is 2.14. The van der Waals surface area contributed by atoms with Crippen LogP contribution in [0.2, 0.25) is 0 Å². The van der Waals surface area contributed by atoms with Crippen molar-refractivity contribution >= 4 is 27.4 Å². The van der Waals surface area contributed by atoms with Gasteiger partial charge in [0.15, 0.2) is 0 Å². The minimum atomic E-state index is -0.822. The number of rotatable bonds is 9. The van der Waals surface area contributed by atoms with E-state index in [2.05, 4.69) is 62.7 Å². The molecule has 0 radical (unpaired) electrons. The number of halogens is 1. The summed E-state index contributed by atoms with van der Waals surface area (Å²) in [7, 11) is 0. The lowest BCUT2D eigenvalue weighted by Crippen LogP contribution is -2.06. The summed E-state index contributed by atoms with van der Waals surface area (Å²) in [6.07, 6.45) is 3.16. The molecular formula is C25H22FN5O2S. The number of benzene rings is 2. The van der Waals surface area contributed by atoms with E-state index in [0.717, 1.165) is 46.5 Å². The fraction of sp³-hybridized carbons (Fsp3) is 0.200. The van der Waals surface area contributed by atoms with Gasteiger partial charge in [-0.2, -0.15) is 4.98 Å². The molecule has 34 heavy (non-hydrogen) atoms. The second-order valence-electron chi connectivity index (χ2n) is 7.73. The number of ether oxygens (including phenoxy) is 1. The number of thiophene rings is 1. The zero-order valence-corrected chi connectivity index (χ0v) is 19.3. The van der Waals surface area contributed by atoms with E-state index in [1.54, 1.807) is 23.5 Å². The summed E-state index contributed by atoms with van der Waals surface area (Å²) in [5.74, 6) is 2.13. The molecule has 9 heteroatoms. The molecule has 3 heterocycles. The molecule has 172 valence electrons. The molecular weight excluding hydrogens is 453 g/mol. The van der Waals surface area contributed by atoms with Gasteiger partial charge in [-0.05, 0) is 54.7 Å². The molecule has 0 spiro atoms. The zero-order chi connectivity index (χ0) is 23.3. The van der Waals surface area contributed by atoms with Crippen LogP contribution in [0.5, 0.6) is 5.75 Å². The Balaban J connectivity index is 1.21. The number of aryl methyl sites for hydroxylation is 2. The molecule has 5 rings (SSSR count). The van der Waals surface area contributed by atoms with E-state index in [1.165, 1.54) is 16.8 Å². The summed E-state index contributed by atoms with van der Waals surface area (Å²) in [4.78, 5) is 15.4. The smallest absolute Gasteiger partial charge is 0.240 e. The molecule has 7 nitrogen and oxygen atoms in total. The van der Waals surface area contributed by atoms with E-state index in [0.29, 0.717) is 17.4 Å². The number of nitrogens with zero attached hydrogens (tertiary/aromatic N) is 4. The van der Waals surface area contributed by atoms with Crippen LogP contribution in [-0.2, 0) is 6.42 Å². The highest BCUT2D eigenvalue weighted by Crippen LogP contribution is 2.30. The van der Waals surface area contributed by atoms with Gasteiger partial charge >= 0.3 is 0 Å². The van der Waals surface area contributed by atoms with Crippen LogP contribution in [0.15, 0.2) is 65.5 Å². The summed E-state index contributed by atoms with van der Waals surface area (Å²) in [5, 5.41) is 8.32. The second kappa shape index (κ2) is 9.96. The Bertz CT molecular complexity index is 1370. The van der Waals surface area contributed by atoms with Crippen molar-refractivity contribution < 1.29 is 13.7 Å². The molecule has 0 bridgehead atoms. The fourth-order valence-corrected chi connectivity index (χ4v) is 4.60. The molecule has 1 N–H and O–H groups in total. The Morgan fingerprint density at radius 3 is 2.47 bits per heavy atom. The quantitative estimate of drug-likeness (QED) is 0.259. The number of hydrogen-bond donors (Lipinski definition) is 1. The number of nitrogens with one attached hydrogen (secondary N) is 1. The fourth-order valence-electron chi connectivity index (χ4n) is 3.72. The highest BCUT2D eigenvalue weighted by molar-refractivity contribution is 7.18. The van der Waals surface area contributed by atoms with Crippen molar-refractivity contribution in [3.05, 3.63) is 71.4 Å². The SMILES string of the molecule is Cc1cc2c(NCCCc3ccc(-c4ccc(OCF)cc4)cc3)nc(-c3ncon3)nc2s1. The number of alkyl halides is 1. The number of aromatic nitrogens is 4. The van der Waals surface area contributed by atoms with E-state index in [-0.39, 0.29) is 0 Å². The molecule has 0 unspecified atom stereocenters. The molecule has 2 aromatic carbocycles. The first-order valence-electron chi connectivity index (χ1n) is 10.9. The van der Waals surface area contributed by atoms with Crippen molar-refractivity contribution in [3.8, 4) is 28.5 Å². The topological polar surface area (TPSA) is 86.0 Å². The number of fused-ring (bicyclic) bond motifs is 1. The van der Waals surface area contributed by atoms with Gasteiger partial charge in [0.1, 0.15) is 16.4 Å². The van der Waals surface area contributed by atoms with Gasteiger partial charge in [-0.1, -0.05) is 41.6 Å². The van der Waals surface area contributed by atoms with Crippen LogP contribution >= 0.6 is 11.3 Å². The van der Waals surface area contributed by atoms with Gasteiger partial charge in [0.05, 0.1) is 5.39 Å². The summed E-state index contributed by atoms with van der Waals surface area (Å²) >= 11 is 1.62. The van der Waals surface area contributed by atoms with Crippen LogP contribution in [-0.4, -0.2) is 33.5 Å². The third-order valence-electron chi connectivity index (χ3n) is 5.37. The average Bonchev–Trinajstić information content (AvgIpc) is 3.52. The monoisotopic (exact) mass is 475 g/mol. The minimum absolute atomic E-state index is 0.376. The Morgan fingerprint density at radius 1 is 1.00 bits per heavy atom. The Morgan fingerprint density at radius 2 is 1.76 bits per heavy atom. The van der Waals surface area contributed by atoms with Crippen LogP contribution in [0.4, 0.5) is 10.2 Å². The predicted octanol–water partition coefficient (Wildman–Crippen LogP) is 6.07. The van der Waals surface area contributed by atoms with Crippen LogP contribution in [0.1, 0.15) is 16.9 Å². The maximum Gasteiger partial charge on any atom is 0.240 e. The van der Waals surface area contributed by atoms with Crippen molar-refractivity contribution in [2.24, 2.45) is 0 Å². The molecule has 0 aliphatic carbocycles. The molecule has 5 aromatic rings. The first kappa shape index (κ1) is 22.0. The average molecular weight is 476 g/mol. The third kappa shape index (κ3) is 4.89.